The van der Waals surface area contributed by atoms with Crippen LogP contribution in [0.15, 0.2) is 60.1 Å². The second kappa shape index (κ2) is 7.25. The summed E-state index contributed by atoms with van der Waals surface area (Å²) in [6.07, 6.45) is 4.17. The number of thiophene rings is 1. The summed E-state index contributed by atoms with van der Waals surface area (Å²) >= 11 is 1.69. The molecule has 3 aromatic rings. The zero-order valence-corrected chi connectivity index (χ0v) is 14.9. The van der Waals surface area contributed by atoms with Crippen molar-refractivity contribution >= 4 is 27.7 Å². The van der Waals surface area contributed by atoms with Crippen molar-refractivity contribution in [1.82, 2.24) is 4.98 Å². The molecule has 0 unspecified atom stereocenters. The lowest BCUT2D eigenvalue weighted by Gasteiger charge is -2.34. The molecule has 1 fully saturated rings. The molecule has 128 valence electrons. The molecule has 0 aliphatic carbocycles. The van der Waals surface area contributed by atoms with Gasteiger partial charge in [-0.1, -0.05) is 30.3 Å². The summed E-state index contributed by atoms with van der Waals surface area (Å²) in [5.74, 6) is 0. The minimum Gasteiger partial charge on any atom is -0.368 e. The molecule has 1 aromatic carbocycles. The van der Waals surface area contributed by atoms with E-state index in [0.29, 0.717) is 0 Å². The van der Waals surface area contributed by atoms with Gasteiger partial charge < -0.3 is 16.0 Å². The Labute approximate surface area is 152 Å². The normalized spacial score (nSPS) is 17.5. The van der Waals surface area contributed by atoms with E-state index in [0.717, 1.165) is 47.9 Å². The molecule has 4 rings (SSSR count). The van der Waals surface area contributed by atoms with Crippen LogP contribution in [0.3, 0.4) is 0 Å². The highest BCUT2D eigenvalue weighted by molar-refractivity contribution is 7.14. The minimum atomic E-state index is 0.233. The third-order valence-electron chi connectivity index (χ3n) is 4.53. The third-order valence-corrected chi connectivity index (χ3v) is 5.31. The molecule has 2 aromatic heterocycles. The van der Waals surface area contributed by atoms with Crippen molar-refractivity contribution in [3.63, 3.8) is 0 Å². The molecule has 3 N–H and O–H groups in total. The maximum Gasteiger partial charge on any atom is 0.0927 e. The second-order valence-electron chi connectivity index (χ2n) is 6.40. The first-order valence-corrected chi connectivity index (χ1v) is 9.54. The molecule has 5 heteroatoms. The van der Waals surface area contributed by atoms with Crippen LogP contribution in [-0.4, -0.2) is 24.1 Å². The van der Waals surface area contributed by atoms with Crippen molar-refractivity contribution in [2.75, 3.05) is 23.3 Å². The zero-order chi connectivity index (χ0) is 17.1. The van der Waals surface area contributed by atoms with Crippen molar-refractivity contribution in [2.24, 2.45) is 5.73 Å². The molecule has 4 nitrogen and oxygen atoms in total. The summed E-state index contributed by atoms with van der Waals surface area (Å²) in [4.78, 5) is 7.08. The second-order valence-corrected chi connectivity index (χ2v) is 7.35. The highest BCUT2D eigenvalue weighted by atomic mass is 32.1. The Kier molecular flexibility index (Phi) is 4.68. The van der Waals surface area contributed by atoms with Gasteiger partial charge in [0.1, 0.15) is 0 Å². The van der Waals surface area contributed by atoms with Crippen LogP contribution in [0.2, 0.25) is 0 Å². The SMILES string of the molecule is N[C@@H]1CCCN(c2cc(-c3ccccc3)ncc2Nc2cccs2)C1. The molecule has 25 heavy (non-hydrogen) atoms. The topological polar surface area (TPSA) is 54.2 Å². The monoisotopic (exact) mass is 350 g/mol. The van der Waals surface area contributed by atoms with Crippen LogP contribution in [0.1, 0.15) is 12.8 Å². The molecule has 0 spiro atoms. The van der Waals surface area contributed by atoms with Crippen LogP contribution in [0.5, 0.6) is 0 Å². The van der Waals surface area contributed by atoms with Gasteiger partial charge in [-0.15, -0.1) is 11.3 Å². The number of hydrogen-bond donors (Lipinski definition) is 2. The van der Waals surface area contributed by atoms with E-state index in [-0.39, 0.29) is 6.04 Å². The van der Waals surface area contributed by atoms with E-state index >= 15 is 0 Å². The fraction of sp³-hybridized carbons (Fsp3) is 0.250. The summed E-state index contributed by atoms with van der Waals surface area (Å²) in [5, 5.41) is 6.71. The predicted molar refractivity (Wildman–Crippen MR) is 107 cm³/mol. The highest BCUT2D eigenvalue weighted by Gasteiger charge is 2.20. The number of aromatic nitrogens is 1. The van der Waals surface area contributed by atoms with Crippen LogP contribution in [0.25, 0.3) is 11.3 Å². The van der Waals surface area contributed by atoms with E-state index in [1.54, 1.807) is 11.3 Å². The van der Waals surface area contributed by atoms with Gasteiger partial charge in [0.25, 0.3) is 0 Å². The number of anilines is 3. The first-order valence-electron chi connectivity index (χ1n) is 8.66. The van der Waals surface area contributed by atoms with Crippen molar-refractivity contribution in [1.29, 1.82) is 0 Å². The number of nitrogens with two attached hydrogens (primary N) is 1. The maximum absolute atomic E-state index is 6.22. The standard InChI is InChI=1S/C20H22N4S/c21-16-8-4-10-24(14-16)19-12-17(15-6-2-1-3-7-15)22-13-18(19)23-20-9-5-11-25-20/h1-3,5-7,9,11-13,16,23H,4,8,10,14,21H2/t16-/m1/s1. The Hall–Kier alpha value is -2.37. The first kappa shape index (κ1) is 16.1. The van der Waals surface area contributed by atoms with Crippen LogP contribution in [0.4, 0.5) is 16.4 Å². The Morgan fingerprint density at radius 3 is 2.80 bits per heavy atom. The lowest BCUT2D eigenvalue weighted by atomic mass is 10.0. The Balaban J connectivity index is 1.72. The first-order chi connectivity index (χ1) is 12.3. The van der Waals surface area contributed by atoms with Gasteiger partial charge in [0.05, 0.1) is 28.3 Å². The summed E-state index contributed by atoms with van der Waals surface area (Å²) in [6.45, 7) is 1.92. The molecule has 1 aliphatic heterocycles. The predicted octanol–water partition coefficient (Wildman–Crippen LogP) is 4.48. The zero-order valence-electron chi connectivity index (χ0n) is 14.1. The van der Waals surface area contributed by atoms with E-state index < -0.39 is 0 Å². The number of nitrogens with one attached hydrogen (secondary N) is 1. The molecule has 0 amide bonds. The summed E-state index contributed by atoms with van der Waals surface area (Å²) in [5.41, 5.74) is 10.6. The van der Waals surface area contributed by atoms with Crippen LogP contribution in [0, 0.1) is 0 Å². The largest absolute Gasteiger partial charge is 0.368 e. The fourth-order valence-electron chi connectivity index (χ4n) is 3.28. The van der Waals surface area contributed by atoms with E-state index in [9.17, 15) is 0 Å². The van der Waals surface area contributed by atoms with Crippen LogP contribution >= 0.6 is 11.3 Å². The molecular weight excluding hydrogens is 328 g/mol. The van der Waals surface area contributed by atoms with E-state index in [4.69, 9.17) is 5.73 Å². The lowest BCUT2D eigenvalue weighted by molar-refractivity contribution is 0.506. The average Bonchev–Trinajstić information content (AvgIpc) is 3.16. The van der Waals surface area contributed by atoms with Crippen molar-refractivity contribution < 1.29 is 0 Å². The van der Waals surface area contributed by atoms with Gasteiger partial charge in [-0.05, 0) is 36.4 Å². The Bertz CT molecular complexity index is 817. The highest BCUT2D eigenvalue weighted by Crippen LogP contribution is 2.34. The third kappa shape index (κ3) is 3.67. The summed E-state index contributed by atoms with van der Waals surface area (Å²) in [6, 6.07) is 16.9. The summed E-state index contributed by atoms with van der Waals surface area (Å²) < 4.78 is 0. The van der Waals surface area contributed by atoms with Gasteiger partial charge in [-0.3, -0.25) is 4.98 Å². The van der Waals surface area contributed by atoms with E-state index in [2.05, 4.69) is 50.9 Å². The number of hydrogen-bond acceptors (Lipinski definition) is 5. The molecule has 3 heterocycles. The number of piperidine rings is 1. The number of pyridine rings is 1. The number of nitrogens with zero attached hydrogens (tertiary/aromatic N) is 2. The van der Waals surface area contributed by atoms with Crippen LogP contribution in [-0.2, 0) is 0 Å². The molecule has 0 bridgehead atoms. The van der Waals surface area contributed by atoms with Crippen molar-refractivity contribution in [3.8, 4) is 11.3 Å². The molecule has 1 atom stereocenters. The average molecular weight is 350 g/mol. The quantitative estimate of drug-likeness (QED) is 0.728. The van der Waals surface area contributed by atoms with Gasteiger partial charge in [0.15, 0.2) is 0 Å². The lowest BCUT2D eigenvalue weighted by Crippen LogP contribution is -2.43. The molecule has 0 radical (unpaired) electrons. The van der Waals surface area contributed by atoms with Gasteiger partial charge in [0, 0.05) is 24.7 Å². The van der Waals surface area contributed by atoms with Gasteiger partial charge in [-0.2, -0.15) is 0 Å². The van der Waals surface area contributed by atoms with Gasteiger partial charge >= 0.3 is 0 Å². The van der Waals surface area contributed by atoms with E-state index in [1.165, 1.54) is 5.69 Å². The molecular formula is C20H22N4S. The number of rotatable bonds is 4. The number of benzene rings is 1. The molecule has 1 saturated heterocycles. The maximum atomic E-state index is 6.22. The van der Waals surface area contributed by atoms with Crippen molar-refractivity contribution in [2.45, 2.75) is 18.9 Å². The van der Waals surface area contributed by atoms with Crippen LogP contribution < -0.4 is 16.0 Å². The van der Waals surface area contributed by atoms with Gasteiger partial charge in [0.2, 0.25) is 0 Å². The fourth-order valence-corrected chi connectivity index (χ4v) is 3.91. The minimum absolute atomic E-state index is 0.233. The van der Waals surface area contributed by atoms with Gasteiger partial charge in [-0.25, -0.2) is 0 Å². The smallest absolute Gasteiger partial charge is 0.0927 e. The molecule has 1 aliphatic rings. The van der Waals surface area contributed by atoms with E-state index in [1.807, 2.05) is 24.4 Å². The van der Waals surface area contributed by atoms with Crippen molar-refractivity contribution in [3.05, 3.63) is 60.1 Å². The molecule has 0 saturated carbocycles. The Morgan fingerprint density at radius 2 is 2.04 bits per heavy atom. The summed E-state index contributed by atoms with van der Waals surface area (Å²) in [7, 11) is 0. The Morgan fingerprint density at radius 1 is 1.16 bits per heavy atom.